The molecular formula is C13H24N4O2S. The minimum atomic E-state index is -0.175. The molecule has 114 valence electrons. The molecule has 0 saturated heterocycles. The van der Waals surface area contributed by atoms with E-state index in [1.807, 2.05) is 18.4 Å². The summed E-state index contributed by atoms with van der Waals surface area (Å²) >= 11 is 1.36. The molecule has 20 heavy (non-hydrogen) atoms. The number of carbonyl (C=O) groups is 1. The van der Waals surface area contributed by atoms with E-state index in [1.165, 1.54) is 11.8 Å². The number of hydrogen-bond acceptors (Lipinski definition) is 5. The molecule has 0 radical (unpaired) electrons. The summed E-state index contributed by atoms with van der Waals surface area (Å²) in [5.74, 6) is 0.622. The van der Waals surface area contributed by atoms with E-state index < -0.39 is 0 Å². The number of carbonyl (C=O) groups excluding carboxylic acids is 1. The van der Waals surface area contributed by atoms with Crippen LogP contribution in [-0.2, 0) is 4.79 Å². The van der Waals surface area contributed by atoms with Crippen LogP contribution in [0.2, 0.25) is 0 Å². The van der Waals surface area contributed by atoms with Crippen molar-refractivity contribution in [1.29, 1.82) is 0 Å². The number of aromatic nitrogens is 3. The molecule has 1 amide bonds. The summed E-state index contributed by atoms with van der Waals surface area (Å²) < 4.78 is 1.93. The number of nitrogens with one attached hydrogen (secondary N) is 1. The molecule has 0 spiro atoms. The van der Waals surface area contributed by atoms with E-state index in [9.17, 15) is 9.90 Å². The Labute approximate surface area is 124 Å². The van der Waals surface area contributed by atoms with Crippen molar-refractivity contribution in [2.45, 2.75) is 51.4 Å². The fraction of sp³-hybridized carbons (Fsp3) is 0.769. The fourth-order valence-corrected chi connectivity index (χ4v) is 2.69. The van der Waals surface area contributed by atoms with Crippen molar-refractivity contribution < 1.29 is 9.90 Å². The van der Waals surface area contributed by atoms with Crippen molar-refractivity contribution in [3.05, 3.63) is 6.33 Å². The topological polar surface area (TPSA) is 80.0 Å². The summed E-state index contributed by atoms with van der Waals surface area (Å²) in [6.07, 6.45) is 2.44. The number of aliphatic hydroxyl groups is 1. The molecule has 1 aromatic heterocycles. The molecule has 0 aliphatic heterocycles. The van der Waals surface area contributed by atoms with Gasteiger partial charge in [0.1, 0.15) is 6.33 Å². The number of thioether (sulfide) groups is 1. The van der Waals surface area contributed by atoms with Crippen molar-refractivity contribution in [3.63, 3.8) is 0 Å². The van der Waals surface area contributed by atoms with Crippen LogP contribution in [0.25, 0.3) is 0 Å². The number of amides is 1. The molecule has 0 aliphatic rings. The monoisotopic (exact) mass is 300 g/mol. The summed E-state index contributed by atoms with van der Waals surface area (Å²) in [5, 5.41) is 20.7. The zero-order valence-corrected chi connectivity index (χ0v) is 13.4. The third-order valence-corrected chi connectivity index (χ3v) is 3.73. The number of rotatable bonds is 8. The standard InChI is InChI=1S/C13H24N4O2S/c1-9(2)5-11(6-18)15-12(19)7-20-13-16-14-8-17(13)10(3)4/h8-11,18H,5-7H2,1-4H3,(H,15,19). The van der Waals surface area contributed by atoms with Gasteiger partial charge in [-0.15, -0.1) is 10.2 Å². The highest BCUT2D eigenvalue weighted by Gasteiger charge is 2.15. The van der Waals surface area contributed by atoms with Crippen molar-refractivity contribution in [1.82, 2.24) is 20.1 Å². The molecule has 0 aliphatic carbocycles. The molecule has 1 aromatic rings. The van der Waals surface area contributed by atoms with Gasteiger partial charge in [0.15, 0.2) is 5.16 Å². The molecule has 0 bridgehead atoms. The van der Waals surface area contributed by atoms with E-state index in [4.69, 9.17) is 0 Å². The predicted octanol–water partition coefficient (Wildman–Crippen LogP) is 1.47. The first kappa shape index (κ1) is 17.0. The lowest BCUT2D eigenvalue weighted by molar-refractivity contribution is -0.119. The van der Waals surface area contributed by atoms with Crippen LogP contribution in [0.5, 0.6) is 0 Å². The third-order valence-electron chi connectivity index (χ3n) is 2.77. The SMILES string of the molecule is CC(C)CC(CO)NC(=O)CSc1nncn1C(C)C. The highest BCUT2D eigenvalue weighted by molar-refractivity contribution is 7.99. The van der Waals surface area contributed by atoms with Gasteiger partial charge in [-0.3, -0.25) is 4.79 Å². The smallest absolute Gasteiger partial charge is 0.230 e. The lowest BCUT2D eigenvalue weighted by Gasteiger charge is -2.18. The molecule has 0 saturated carbocycles. The molecule has 7 heteroatoms. The Morgan fingerprint density at radius 2 is 2.15 bits per heavy atom. The summed E-state index contributed by atoms with van der Waals surface area (Å²) in [6.45, 7) is 8.18. The van der Waals surface area contributed by atoms with Crippen molar-refractivity contribution in [2.24, 2.45) is 5.92 Å². The highest BCUT2D eigenvalue weighted by atomic mass is 32.2. The lowest BCUT2D eigenvalue weighted by atomic mass is 10.0. The normalized spacial score (nSPS) is 12.9. The lowest BCUT2D eigenvalue weighted by Crippen LogP contribution is -2.39. The Kier molecular flexibility index (Phi) is 7.01. The van der Waals surface area contributed by atoms with Crippen molar-refractivity contribution in [2.75, 3.05) is 12.4 Å². The molecule has 1 rings (SSSR count). The molecule has 1 atom stereocenters. The van der Waals surface area contributed by atoms with E-state index in [1.54, 1.807) is 6.33 Å². The van der Waals surface area contributed by atoms with Crippen LogP contribution in [0.1, 0.15) is 40.2 Å². The van der Waals surface area contributed by atoms with Crippen molar-refractivity contribution in [3.8, 4) is 0 Å². The van der Waals surface area contributed by atoms with Gasteiger partial charge in [0, 0.05) is 6.04 Å². The van der Waals surface area contributed by atoms with Gasteiger partial charge in [-0.25, -0.2) is 0 Å². The van der Waals surface area contributed by atoms with E-state index in [-0.39, 0.29) is 30.4 Å². The Bertz CT molecular complexity index is 420. The number of hydrogen-bond donors (Lipinski definition) is 2. The van der Waals surface area contributed by atoms with E-state index >= 15 is 0 Å². The van der Waals surface area contributed by atoms with Crippen LogP contribution in [0, 0.1) is 5.92 Å². The van der Waals surface area contributed by atoms with Gasteiger partial charge in [-0.05, 0) is 26.2 Å². The molecule has 2 N–H and O–H groups in total. The highest BCUT2D eigenvalue weighted by Crippen LogP contribution is 2.18. The van der Waals surface area contributed by atoms with Crippen LogP contribution in [0.15, 0.2) is 11.5 Å². The first-order valence-electron chi connectivity index (χ1n) is 6.86. The summed E-state index contributed by atoms with van der Waals surface area (Å²) in [4.78, 5) is 11.9. The maximum atomic E-state index is 11.9. The molecule has 1 heterocycles. The van der Waals surface area contributed by atoms with E-state index in [2.05, 4.69) is 29.4 Å². The second-order valence-electron chi connectivity index (χ2n) is 5.48. The molecule has 6 nitrogen and oxygen atoms in total. The zero-order valence-electron chi connectivity index (χ0n) is 12.5. The third kappa shape index (κ3) is 5.50. The van der Waals surface area contributed by atoms with Gasteiger partial charge >= 0.3 is 0 Å². The van der Waals surface area contributed by atoms with Gasteiger partial charge in [0.2, 0.25) is 5.91 Å². The average molecular weight is 300 g/mol. The van der Waals surface area contributed by atoms with Gasteiger partial charge in [0.25, 0.3) is 0 Å². The summed E-state index contributed by atoms with van der Waals surface area (Å²) in [6, 6.07) is 0.0905. The van der Waals surface area contributed by atoms with Crippen LogP contribution in [0.3, 0.4) is 0 Å². The largest absolute Gasteiger partial charge is 0.394 e. The van der Waals surface area contributed by atoms with E-state index in [0.29, 0.717) is 5.92 Å². The quantitative estimate of drug-likeness (QED) is 0.711. The Balaban J connectivity index is 2.44. The van der Waals surface area contributed by atoms with Crippen LogP contribution in [-0.4, -0.2) is 44.2 Å². The minimum absolute atomic E-state index is 0.0310. The Hall–Kier alpha value is -1.08. The van der Waals surface area contributed by atoms with Gasteiger partial charge in [-0.1, -0.05) is 25.6 Å². The number of aliphatic hydroxyl groups excluding tert-OH is 1. The molecule has 0 fully saturated rings. The predicted molar refractivity (Wildman–Crippen MR) is 79.6 cm³/mol. The fourth-order valence-electron chi connectivity index (χ4n) is 1.84. The zero-order chi connectivity index (χ0) is 15.1. The number of nitrogens with zero attached hydrogens (tertiary/aromatic N) is 3. The van der Waals surface area contributed by atoms with Crippen LogP contribution < -0.4 is 5.32 Å². The summed E-state index contributed by atoms with van der Waals surface area (Å²) in [5.41, 5.74) is 0. The minimum Gasteiger partial charge on any atom is -0.394 e. The van der Waals surface area contributed by atoms with Gasteiger partial charge < -0.3 is 15.0 Å². The summed E-state index contributed by atoms with van der Waals surface area (Å²) in [7, 11) is 0. The molecule has 1 unspecified atom stereocenters. The Morgan fingerprint density at radius 1 is 1.45 bits per heavy atom. The first-order valence-corrected chi connectivity index (χ1v) is 7.85. The Morgan fingerprint density at radius 3 is 2.70 bits per heavy atom. The molecule has 0 aromatic carbocycles. The second-order valence-corrected chi connectivity index (χ2v) is 6.42. The average Bonchev–Trinajstić information content (AvgIpc) is 2.83. The van der Waals surface area contributed by atoms with Gasteiger partial charge in [-0.2, -0.15) is 0 Å². The maximum absolute atomic E-state index is 11.9. The first-order chi connectivity index (χ1) is 9.43. The molecular weight excluding hydrogens is 276 g/mol. The van der Waals surface area contributed by atoms with Gasteiger partial charge in [0.05, 0.1) is 18.4 Å². The van der Waals surface area contributed by atoms with Crippen LogP contribution in [0.4, 0.5) is 0 Å². The van der Waals surface area contributed by atoms with Crippen LogP contribution >= 0.6 is 11.8 Å². The van der Waals surface area contributed by atoms with Crippen molar-refractivity contribution >= 4 is 17.7 Å². The maximum Gasteiger partial charge on any atom is 0.230 e. The van der Waals surface area contributed by atoms with E-state index in [0.717, 1.165) is 11.6 Å². The second kappa shape index (κ2) is 8.26.